The van der Waals surface area contributed by atoms with E-state index in [4.69, 9.17) is 10.8 Å². The molecule has 0 spiro atoms. The molecule has 0 aromatic heterocycles. The lowest BCUT2D eigenvalue weighted by Gasteiger charge is -1.98. The van der Waals surface area contributed by atoms with Crippen LogP contribution in [-0.2, 0) is 0 Å². The van der Waals surface area contributed by atoms with E-state index in [0.717, 1.165) is 3.57 Å². The highest BCUT2D eigenvalue weighted by Crippen LogP contribution is 2.19. The number of aliphatic hydroxyl groups excluding tert-OH is 1. The molecule has 1 aromatic rings. The van der Waals surface area contributed by atoms with Crippen molar-refractivity contribution >= 4 is 34.1 Å². The molecular formula is C8H8FIN2O. The van der Waals surface area contributed by atoms with E-state index in [1.165, 1.54) is 12.1 Å². The number of benzene rings is 1. The van der Waals surface area contributed by atoms with Crippen molar-refractivity contribution in [3.8, 4) is 0 Å². The van der Waals surface area contributed by atoms with E-state index in [1.54, 1.807) is 6.07 Å². The Balaban J connectivity index is 3.03. The average Bonchev–Trinajstić information content (AvgIpc) is 2.09. The molecule has 0 amide bonds. The largest absolute Gasteiger partial charge is 0.388 e. The SMILES string of the molecule is NC(CO)=Nc1ccc(I)cc1F. The molecule has 0 fully saturated rings. The van der Waals surface area contributed by atoms with Crippen LogP contribution in [0.25, 0.3) is 0 Å². The van der Waals surface area contributed by atoms with Crippen molar-refractivity contribution in [2.24, 2.45) is 10.7 Å². The van der Waals surface area contributed by atoms with Gasteiger partial charge in [-0.25, -0.2) is 9.38 Å². The van der Waals surface area contributed by atoms with E-state index in [1.807, 2.05) is 22.6 Å². The van der Waals surface area contributed by atoms with Gasteiger partial charge in [-0.3, -0.25) is 0 Å². The van der Waals surface area contributed by atoms with Gasteiger partial charge in [-0.05, 0) is 40.8 Å². The predicted octanol–water partition coefficient (Wildman–Crippen LogP) is 1.41. The van der Waals surface area contributed by atoms with E-state index in [-0.39, 0.29) is 18.1 Å². The third-order valence-electron chi connectivity index (χ3n) is 1.34. The fourth-order valence-corrected chi connectivity index (χ4v) is 1.22. The highest BCUT2D eigenvalue weighted by Gasteiger charge is 2.01. The fourth-order valence-electron chi connectivity index (χ4n) is 0.762. The van der Waals surface area contributed by atoms with Gasteiger partial charge in [-0.1, -0.05) is 0 Å². The molecule has 0 saturated heterocycles. The van der Waals surface area contributed by atoms with E-state index in [2.05, 4.69) is 4.99 Å². The topological polar surface area (TPSA) is 58.6 Å². The molecule has 0 bridgehead atoms. The summed E-state index contributed by atoms with van der Waals surface area (Å²) in [7, 11) is 0. The molecule has 0 radical (unpaired) electrons. The third-order valence-corrected chi connectivity index (χ3v) is 2.01. The highest BCUT2D eigenvalue weighted by atomic mass is 127. The summed E-state index contributed by atoms with van der Waals surface area (Å²) in [6, 6.07) is 4.58. The molecule has 13 heavy (non-hydrogen) atoms. The van der Waals surface area contributed by atoms with Gasteiger partial charge >= 0.3 is 0 Å². The molecule has 0 saturated carbocycles. The smallest absolute Gasteiger partial charge is 0.149 e. The molecule has 0 aliphatic rings. The summed E-state index contributed by atoms with van der Waals surface area (Å²) < 4.78 is 13.9. The molecule has 0 aliphatic carbocycles. The summed E-state index contributed by atoms with van der Waals surface area (Å²) in [6.45, 7) is -0.370. The summed E-state index contributed by atoms with van der Waals surface area (Å²) in [5.74, 6) is -0.441. The maximum atomic E-state index is 13.1. The van der Waals surface area contributed by atoms with Gasteiger partial charge in [0.2, 0.25) is 0 Å². The first kappa shape index (κ1) is 10.4. The zero-order chi connectivity index (χ0) is 9.84. The number of halogens is 2. The van der Waals surface area contributed by atoms with Crippen LogP contribution >= 0.6 is 22.6 Å². The fraction of sp³-hybridized carbons (Fsp3) is 0.125. The summed E-state index contributed by atoms with van der Waals surface area (Å²) >= 11 is 2.00. The van der Waals surface area contributed by atoms with Gasteiger partial charge in [0.1, 0.15) is 23.9 Å². The molecular weight excluding hydrogens is 286 g/mol. The number of nitrogens with two attached hydrogens (primary N) is 1. The first-order valence-corrected chi connectivity index (χ1v) is 4.60. The summed E-state index contributed by atoms with van der Waals surface area (Å²) in [6.07, 6.45) is 0. The Labute approximate surface area is 88.6 Å². The van der Waals surface area contributed by atoms with Crippen LogP contribution in [0.5, 0.6) is 0 Å². The lowest BCUT2D eigenvalue weighted by Crippen LogP contribution is -2.15. The number of aliphatic hydroxyl groups is 1. The minimum Gasteiger partial charge on any atom is -0.388 e. The molecule has 3 N–H and O–H groups in total. The Morgan fingerprint density at radius 2 is 2.31 bits per heavy atom. The minimum atomic E-state index is -0.441. The van der Waals surface area contributed by atoms with Crippen molar-refractivity contribution in [2.45, 2.75) is 0 Å². The summed E-state index contributed by atoms with van der Waals surface area (Å²) in [4.78, 5) is 3.68. The minimum absolute atomic E-state index is 0.000100. The first-order valence-electron chi connectivity index (χ1n) is 3.52. The van der Waals surface area contributed by atoms with Crippen molar-refractivity contribution in [3.63, 3.8) is 0 Å². The average molecular weight is 294 g/mol. The molecule has 5 heteroatoms. The lowest BCUT2D eigenvalue weighted by molar-refractivity contribution is 0.356. The van der Waals surface area contributed by atoms with E-state index < -0.39 is 5.82 Å². The van der Waals surface area contributed by atoms with Crippen LogP contribution < -0.4 is 5.73 Å². The maximum Gasteiger partial charge on any atom is 0.149 e. The second-order valence-electron chi connectivity index (χ2n) is 2.36. The van der Waals surface area contributed by atoms with Crippen molar-refractivity contribution in [1.29, 1.82) is 0 Å². The molecule has 3 nitrogen and oxygen atoms in total. The Bertz CT molecular complexity index is 341. The third kappa shape index (κ3) is 2.92. The lowest BCUT2D eigenvalue weighted by atomic mass is 10.3. The van der Waals surface area contributed by atoms with Crippen LogP contribution in [0.3, 0.4) is 0 Å². The predicted molar refractivity (Wildman–Crippen MR) is 57.5 cm³/mol. The molecule has 0 atom stereocenters. The number of aliphatic imine (C=N–C) groups is 1. The summed E-state index contributed by atoms with van der Waals surface area (Å²) in [5, 5.41) is 8.56. The second-order valence-corrected chi connectivity index (χ2v) is 3.60. The van der Waals surface area contributed by atoms with Crippen LogP contribution in [0.4, 0.5) is 10.1 Å². The molecule has 0 heterocycles. The van der Waals surface area contributed by atoms with Crippen LogP contribution in [-0.4, -0.2) is 17.5 Å². The van der Waals surface area contributed by atoms with Crippen LogP contribution in [0.15, 0.2) is 23.2 Å². The van der Waals surface area contributed by atoms with Crippen LogP contribution in [0, 0.1) is 9.39 Å². The normalized spacial score (nSPS) is 11.8. The van der Waals surface area contributed by atoms with Gasteiger partial charge in [0.25, 0.3) is 0 Å². The zero-order valence-electron chi connectivity index (χ0n) is 6.67. The van der Waals surface area contributed by atoms with Gasteiger partial charge in [0.15, 0.2) is 0 Å². The molecule has 0 unspecified atom stereocenters. The monoisotopic (exact) mass is 294 g/mol. The number of hydrogen-bond acceptors (Lipinski definition) is 2. The van der Waals surface area contributed by atoms with E-state index in [0.29, 0.717) is 0 Å². The molecule has 1 rings (SSSR count). The van der Waals surface area contributed by atoms with Crippen molar-refractivity contribution in [2.75, 3.05) is 6.61 Å². The quantitative estimate of drug-likeness (QED) is 0.492. The zero-order valence-corrected chi connectivity index (χ0v) is 8.82. The summed E-state index contributed by atoms with van der Waals surface area (Å²) in [5.41, 5.74) is 5.39. The second kappa shape index (κ2) is 4.52. The number of nitrogens with zero attached hydrogens (tertiary/aromatic N) is 1. The Kier molecular flexibility index (Phi) is 3.61. The number of hydrogen-bond donors (Lipinski definition) is 2. The van der Waals surface area contributed by atoms with Gasteiger partial charge in [-0.2, -0.15) is 0 Å². The van der Waals surface area contributed by atoms with Crippen molar-refractivity contribution in [1.82, 2.24) is 0 Å². The Morgan fingerprint density at radius 1 is 1.62 bits per heavy atom. The number of amidine groups is 1. The number of rotatable bonds is 2. The van der Waals surface area contributed by atoms with Gasteiger partial charge in [0, 0.05) is 3.57 Å². The van der Waals surface area contributed by atoms with Gasteiger partial charge in [0.05, 0.1) is 0 Å². The van der Waals surface area contributed by atoms with Gasteiger partial charge < -0.3 is 10.8 Å². The van der Waals surface area contributed by atoms with Crippen molar-refractivity contribution in [3.05, 3.63) is 27.6 Å². The maximum absolute atomic E-state index is 13.1. The van der Waals surface area contributed by atoms with E-state index in [9.17, 15) is 4.39 Å². The Hall–Kier alpha value is -0.690. The highest BCUT2D eigenvalue weighted by molar-refractivity contribution is 14.1. The first-order chi connectivity index (χ1) is 6.13. The molecule has 1 aromatic carbocycles. The Morgan fingerprint density at radius 3 is 2.85 bits per heavy atom. The van der Waals surface area contributed by atoms with E-state index >= 15 is 0 Å². The molecule has 70 valence electrons. The molecule has 0 aliphatic heterocycles. The van der Waals surface area contributed by atoms with Crippen LogP contribution in [0.2, 0.25) is 0 Å². The van der Waals surface area contributed by atoms with Crippen LogP contribution in [0.1, 0.15) is 0 Å². The van der Waals surface area contributed by atoms with Gasteiger partial charge in [-0.15, -0.1) is 0 Å². The standard InChI is InChI=1S/C8H8FIN2O/c9-6-3-5(10)1-2-7(6)12-8(11)4-13/h1-3,13H,4H2,(H2,11,12). The van der Waals surface area contributed by atoms with Crippen molar-refractivity contribution < 1.29 is 9.50 Å².